The summed E-state index contributed by atoms with van der Waals surface area (Å²) in [6, 6.07) is 7.86. The van der Waals surface area contributed by atoms with Crippen LogP contribution >= 0.6 is 50.4 Å². The fourth-order valence-electron chi connectivity index (χ4n) is 2.11. The van der Waals surface area contributed by atoms with Gasteiger partial charge < -0.3 is 10.1 Å². The second kappa shape index (κ2) is 10.1. The third kappa shape index (κ3) is 6.09. The van der Waals surface area contributed by atoms with E-state index >= 15 is 0 Å². The van der Waals surface area contributed by atoms with E-state index in [9.17, 15) is 9.59 Å². The summed E-state index contributed by atoms with van der Waals surface area (Å²) in [6.45, 7) is 2.10. The van der Waals surface area contributed by atoms with E-state index in [1.807, 2.05) is 29.6 Å². The van der Waals surface area contributed by atoms with Gasteiger partial charge in [0, 0.05) is 15.4 Å². The van der Waals surface area contributed by atoms with E-state index in [2.05, 4.69) is 36.4 Å². The molecule has 11 heteroatoms. The Balaban J connectivity index is 1.53. The van der Waals surface area contributed by atoms with Gasteiger partial charge in [-0.25, -0.2) is 4.98 Å². The molecular weight excluding hydrogens is 484 g/mol. The number of ether oxygens (including phenoxy) is 1. The summed E-state index contributed by atoms with van der Waals surface area (Å²) in [7, 11) is 0. The van der Waals surface area contributed by atoms with Crippen molar-refractivity contribution in [3.8, 4) is 10.6 Å². The van der Waals surface area contributed by atoms with Crippen molar-refractivity contribution in [1.82, 2.24) is 15.2 Å². The number of benzene rings is 1. The smallest absolute Gasteiger partial charge is 0.316 e. The van der Waals surface area contributed by atoms with Gasteiger partial charge in [-0.05, 0) is 19.1 Å². The van der Waals surface area contributed by atoms with Crippen LogP contribution in [0.5, 0.6) is 0 Å². The summed E-state index contributed by atoms with van der Waals surface area (Å²) in [6.07, 6.45) is 0.148. The van der Waals surface area contributed by atoms with Crippen LogP contribution in [0.25, 0.3) is 10.6 Å². The number of carbonyl (C=O) groups is 2. The lowest BCUT2D eigenvalue weighted by Crippen LogP contribution is -2.14. The van der Waals surface area contributed by atoms with E-state index in [-0.39, 0.29) is 24.1 Å². The molecule has 0 aliphatic carbocycles. The van der Waals surface area contributed by atoms with Crippen LogP contribution in [0.1, 0.15) is 12.6 Å². The predicted octanol–water partition coefficient (Wildman–Crippen LogP) is 4.26. The van der Waals surface area contributed by atoms with Crippen LogP contribution in [0.2, 0.25) is 0 Å². The largest absolute Gasteiger partial charge is 0.465 e. The Kier molecular flexibility index (Phi) is 7.54. The lowest BCUT2D eigenvalue weighted by atomic mass is 10.2. The maximum Gasteiger partial charge on any atom is 0.316 e. The van der Waals surface area contributed by atoms with Gasteiger partial charge in [0.1, 0.15) is 5.01 Å². The van der Waals surface area contributed by atoms with Crippen molar-refractivity contribution in [2.24, 2.45) is 0 Å². The molecule has 0 saturated heterocycles. The first kappa shape index (κ1) is 20.9. The number of nitrogens with one attached hydrogen (secondary N) is 1. The molecule has 2 aromatic heterocycles. The van der Waals surface area contributed by atoms with Crippen molar-refractivity contribution in [2.75, 3.05) is 17.7 Å². The summed E-state index contributed by atoms with van der Waals surface area (Å²) in [5.74, 6) is -0.365. The van der Waals surface area contributed by atoms with Crippen molar-refractivity contribution in [1.29, 1.82) is 0 Å². The Hall–Kier alpha value is -1.82. The number of nitrogens with zero attached hydrogens (tertiary/aromatic N) is 3. The number of thiazole rings is 1. The molecule has 0 spiro atoms. The highest BCUT2D eigenvalue weighted by Crippen LogP contribution is 2.27. The van der Waals surface area contributed by atoms with Gasteiger partial charge in [-0.1, -0.05) is 51.2 Å². The average Bonchev–Trinajstić information content (AvgIpc) is 3.30. The quantitative estimate of drug-likeness (QED) is 0.281. The van der Waals surface area contributed by atoms with E-state index in [1.54, 1.807) is 6.92 Å². The Morgan fingerprint density at radius 3 is 2.96 bits per heavy atom. The van der Waals surface area contributed by atoms with E-state index in [1.165, 1.54) is 34.4 Å². The zero-order valence-electron chi connectivity index (χ0n) is 14.7. The zero-order chi connectivity index (χ0) is 19.9. The lowest BCUT2D eigenvalue weighted by molar-refractivity contribution is -0.139. The number of carbonyl (C=O) groups excluding carboxylic acids is 2. The molecule has 28 heavy (non-hydrogen) atoms. The molecule has 0 atom stereocenters. The van der Waals surface area contributed by atoms with Gasteiger partial charge in [-0.15, -0.1) is 21.5 Å². The highest BCUT2D eigenvalue weighted by atomic mass is 79.9. The summed E-state index contributed by atoms with van der Waals surface area (Å²) in [5, 5.41) is 13.7. The van der Waals surface area contributed by atoms with Crippen LogP contribution < -0.4 is 5.32 Å². The summed E-state index contributed by atoms with van der Waals surface area (Å²) in [4.78, 5) is 28.1. The van der Waals surface area contributed by atoms with Crippen LogP contribution in [0.3, 0.4) is 0 Å². The van der Waals surface area contributed by atoms with E-state index in [0.29, 0.717) is 21.8 Å². The molecule has 3 aromatic rings. The van der Waals surface area contributed by atoms with Crippen molar-refractivity contribution in [3.63, 3.8) is 0 Å². The molecule has 146 valence electrons. The predicted molar refractivity (Wildman–Crippen MR) is 115 cm³/mol. The van der Waals surface area contributed by atoms with Gasteiger partial charge in [0.25, 0.3) is 0 Å². The van der Waals surface area contributed by atoms with Crippen molar-refractivity contribution in [3.05, 3.63) is 39.8 Å². The first-order valence-electron chi connectivity index (χ1n) is 8.15. The molecule has 0 aliphatic rings. The number of esters is 1. The maximum absolute atomic E-state index is 12.2. The van der Waals surface area contributed by atoms with E-state index in [0.717, 1.165) is 15.0 Å². The van der Waals surface area contributed by atoms with Gasteiger partial charge in [0.15, 0.2) is 4.34 Å². The third-order valence-electron chi connectivity index (χ3n) is 3.24. The molecule has 7 nitrogen and oxygen atoms in total. The highest BCUT2D eigenvalue weighted by molar-refractivity contribution is 9.10. The van der Waals surface area contributed by atoms with Crippen molar-refractivity contribution >= 4 is 67.4 Å². The normalized spacial score (nSPS) is 10.6. The van der Waals surface area contributed by atoms with Crippen molar-refractivity contribution in [2.45, 2.75) is 17.7 Å². The molecule has 0 bridgehead atoms. The minimum absolute atomic E-state index is 0.148. The first-order valence-corrected chi connectivity index (χ1v) is 11.6. The Labute approximate surface area is 182 Å². The summed E-state index contributed by atoms with van der Waals surface area (Å²) >= 11 is 7.38. The van der Waals surface area contributed by atoms with E-state index < -0.39 is 0 Å². The SMILES string of the molecule is CCOC(=O)CSc1nnc(NC(=O)Cc2csc(-c3cccc(Br)c3)n2)s1. The molecule has 1 aromatic carbocycles. The van der Waals surface area contributed by atoms with Gasteiger partial charge in [-0.3, -0.25) is 9.59 Å². The van der Waals surface area contributed by atoms with Crippen LogP contribution in [0.4, 0.5) is 5.13 Å². The minimum Gasteiger partial charge on any atom is -0.465 e. The summed E-state index contributed by atoms with van der Waals surface area (Å²) in [5.41, 5.74) is 1.69. The number of thioether (sulfide) groups is 1. The molecule has 0 fully saturated rings. The number of hydrogen-bond donors (Lipinski definition) is 1. The number of halogens is 1. The highest BCUT2D eigenvalue weighted by Gasteiger charge is 2.13. The fourth-order valence-corrected chi connectivity index (χ4v) is 4.89. The number of amides is 1. The van der Waals surface area contributed by atoms with E-state index in [4.69, 9.17) is 4.74 Å². The van der Waals surface area contributed by atoms with Gasteiger partial charge in [-0.2, -0.15) is 0 Å². The van der Waals surface area contributed by atoms with Gasteiger partial charge >= 0.3 is 5.97 Å². The standard InChI is InChI=1S/C17H15BrN4O3S3/c1-2-25-14(24)9-27-17-22-21-16(28-17)20-13(23)7-12-8-26-15(19-12)10-4-3-5-11(18)6-10/h3-6,8H,2,7,9H2,1H3,(H,20,21,23). The monoisotopic (exact) mass is 498 g/mol. The number of hydrogen-bond acceptors (Lipinski definition) is 9. The molecule has 2 heterocycles. The molecule has 3 rings (SSSR count). The van der Waals surface area contributed by atoms with Crippen LogP contribution in [0.15, 0.2) is 38.5 Å². The molecule has 0 saturated carbocycles. The second-order valence-corrected chi connectivity index (χ2v) is 9.32. The Morgan fingerprint density at radius 2 is 2.18 bits per heavy atom. The van der Waals surface area contributed by atoms with Crippen LogP contribution in [0, 0.1) is 0 Å². The molecular formula is C17H15BrN4O3S3. The molecule has 1 amide bonds. The molecule has 0 radical (unpaired) electrons. The van der Waals surface area contributed by atoms with Crippen molar-refractivity contribution < 1.29 is 14.3 Å². The fraction of sp³-hybridized carbons (Fsp3) is 0.235. The summed E-state index contributed by atoms with van der Waals surface area (Å²) < 4.78 is 6.43. The van der Waals surface area contributed by atoms with Crippen LogP contribution in [-0.4, -0.2) is 39.4 Å². The lowest BCUT2D eigenvalue weighted by Gasteiger charge is -1.99. The first-order chi connectivity index (χ1) is 13.5. The molecule has 0 aliphatic heterocycles. The minimum atomic E-state index is -0.307. The Morgan fingerprint density at radius 1 is 1.32 bits per heavy atom. The average molecular weight is 499 g/mol. The maximum atomic E-state index is 12.2. The topological polar surface area (TPSA) is 94.1 Å². The van der Waals surface area contributed by atoms with Gasteiger partial charge in [0.05, 0.1) is 24.5 Å². The third-order valence-corrected chi connectivity index (χ3v) is 6.62. The Bertz CT molecular complexity index is 976. The van der Waals surface area contributed by atoms with Crippen LogP contribution in [-0.2, 0) is 20.7 Å². The molecule has 0 unspecified atom stereocenters. The number of rotatable bonds is 8. The number of aromatic nitrogens is 3. The van der Waals surface area contributed by atoms with Gasteiger partial charge in [0.2, 0.25) is 11.0 Å². The zero-order valence-corrected chi connectivity index (χ0v) is 18.7. The molecule has 1 N–H and O–H groups in total. The second-order valence-electron chi connectivity index (χ2n) is 5.35. The number of anilines is 1.